The Balaban J connectivity index is 1.91. The Hall–Kier alpha value is -8.14. The Morgan fingerprint density at radius 3 is 0.713 bits per heavy atom. The number of unbranched alkanes of at least 4 members (excludes halogenated alkanes) is 12. The Bertz CT molecular complexity index is 2830. The van der Waals surface area contributed by atoms with Gasteiger partial charge in [0.05, 0.1) is 13.2 Å². The van der Waals surface area contributed by atoms with Crippen molar-refractivity contribution in [3.8, 4) is 23.0 Å². The molecule has 0 saturated carbocycles. The first-order valence-electron chi connectivity index (χ1n) is 34.5. The van der Waals surface area contributed by atoms with Gasteiger partial charge in [-0.2, -0.15) is 0 Å². The monoisotopic (exact) mass is 1300 g/mol. The van der Waals surface area contributed by atoms with Gasteiger partial charge in [-0.25, -0.2) is 28.8 Å². The number of hydrogen-bond donors (Lipinski definition) is 0. The van der Waals surface area contributed by atoms with E-state index in [1.807, 2.05) is 0 Å². The number of carbonyl (C=O) groups excluding carboxylic acids is 6. The molecule has 0 aliphatic heterocycles. The van der Waals surface area contributed by atoms with Crippen LogP contribution < -0.4 is 18.9 Å². The van der Waals surface area contributed by atoms with Crippen LogP contribution in [0.2, 0.25) is 0 Å². The predicted octanol–water partition coefficient (Wildman–Crippen LogP) is 15.2. The van der Waals surface area contributed by atoms with E-state index in [9.17, 15) is 28.8 Å². The maximum Gasteiger partial charge on any atom is 0.331 e. The molecule has 8 bridgehead atoms. The fourth-order valence-corrected chi connectivity index (χ4v) is 11.5. The van der Waals surface area contributed by atoms with Gasteiger partial charge >= 0.3 is 35.8 Å². The Kier molecular flexibility index (Phi) is 36.2. The molecule has 4 aromatic rings. The SMILES string of the molecule is C=CC(=O)OCCOc1c2cc(CCCCCC)cc1Cc1cc(CCCCCC)cc(c1OCCOC(=O)/C=C\C(=O)OCC)Cc1cc(CCCCCC)cc(c1OCCOC(=O)C=C)Cc1cc(CCCCCC)cc(c1OCCOC(=O)/C=C\C(=O)OCC)C2. The van der Waals surface area contributed by atoms with Gasteiger partial charge in [0.1, 0.15) is 75.9 Å². The maximum atomic E-state index is 13.0. The van der Waals surface area contributed by atoms with Crippen LogP contribution in [0.5, 0.6) is 23.0 Å². The molecule has 0 saturated heterocycles. The zero-order chi connectivity index (χ0) is 67.7. The van der Waals surface area contributed by atoms with Crippen molar-refractivity contribution in [2.24, 2.45) is 0 Å². The first kappa shape index (κ1) is 76.6. The number of esters is 6. The highest BCUT2D eigenvalue weighted by atomic mass is 16.6. The summed E-state index contributed by atoms with van der Waals surface area (Å²) in [5, 5.41) is 0. The summed E-state index contributed by atoms with van der Waals surface area (Å²) < 4.78 is 60.2. The van der Waals surface area contributed by atoms with Crippen molar-refractivity contribution in [3.05, 3.63) is 165 Å². The highest BCUT2D eigenvalue weighted by molar-refractivity contribution is 5.92. The van der Waals surface area contributed by atoms with Crippen LogP contribution in [-0.4, -0.2) is 102 Å². The summed E-state index contributed by atoms with van der Waals surface area (Å²) in [6, 6.07) is 17.8. The third kappa shape index (κ3) is 27.8. The van der Waals surface area contributed by atoms with Crippen molar-refractivity contribution in [3.63, 3.8) is 0 Å². The number of fused-ring (bicyclic) bond motifs is 8. The van der Waals surface area contributed by atoms with Gasteiger partial charge in [-0.3, -0.25) is 0 Å². The first-order chi connectivity index (χ1) is 45.8. The topological polar surface area (TPSA) is 195 Å². The Morgan fingerprint density at radius 2 is 0.511 bits per heavy atom. The molecular formula is C78H104O16. The molecule has 4 aromatic carbocycles. The molecule has 0 N–H and O–H groups in total. The largest absolute Gasteiger partial charge is 0.489 e. The minimum atomic E-state index is -0.723. The summed E-state index contributed by atoms with van der Waals surface area (Å²) in [6.45, 7) is 19.4. The van der Waals surface area contributed by atoms with Crippen molar-refractivity contribution < 1.29 is 76.1 Å². The van der Waals surface area contributed by atoms with Crippen LogP contribution in [0.1, 0.15) is 211 Å². The minimum Gasteiger partial charge on any atom is -0.489 e. The number of benzene rings is 4. The highest BCUT2D eigenvalue weighted by Crippen LogP contribution is 2.42. The quantitative estimate of drug-likeness (QED) is 0.0154. The molecule has 0 amide bonds. The molecule has 16 heteroatoms. The zero-order valence-corrected chi connectivity index (χ0v) is 57.1. The van der Waals surface area contributed by atoms with Gasteiger partial charge in [-0.05, 0) is 132 Å². The van der Waals surface area contributed by atoms with Gasteiger partial charge in [-0.1, -0.05) is 166 Å². The molecule has 0 spiro atoms. The van der Waals surface area contributed by atoms with Crippen LogP contribution in [0.4, 0.5) is 0 Å². The summed E-state index contributed by atoms with van der Waals surface area (Å²) in [6.07, 6.45) is 27.8. The average Bonchev–Trinajstić information content (AvgIpc) is 0.785. The minimum absolute atomic E-state index is 0.0297. The van der Waals surface area contributed by atoms with Crippen molar-refractivity contribution in [1.29, 1.82) is 0 Å². The van der Waals surface area contributed by atoms with Crippen LogP contribution in [0.3, 0.4) is 0 Å². The third-order valence-electron chi connectivity index (χ3n) is 15.9. The number of aryl methyl sites for hydroxylation is 4. The van der Waals surface area contributed by atoms with Gasteiger partial charge in [-0.15, -0.1) is 0 Å². The fraction of sp³-hybridized carbons (Fsp3) is 0.513. The van der Waals surface area contributed by atoms with Crippen LogP contribution in [0.15, 0.2) is 98.1 Å². The van der Waals surface area contributed by atoms with Crippen molar-refractivity contribution >= 4 is 35.8 Å². The van der Waals surface area contributed by atoms with Gasteiger partial charge in [0.25, 0.3) is 0 Å². The molecule has 512 valence electrons. The normalized spacial score (nSPS) is 11.8. The Morgan fingerprint density at radius 1 is 0.298 bits per heavy atom. The molecule has 1 aliphatic rings. The molecule has 5 rings (SSSR count). The molecule has 0 fully saturated rings. The molecule has 16 nitrogen and oxygen atoms in total. The zero-order valence-electron chi connectivity index (χ0n) is 57.1. The van der Waals surface area contributed by atoms with E-state index < -0.39 is 35.8 Å². The molecule has 0 heterocycles. The van der Waals surface area contributed by atoms with E-state index in [1.54, 1.807) is 13.8 Å². The molecule has 0 unspecified atom stereocenters. The van der Waals surface area contributed by atoms with E-state index in [1.165, 1.54) is 0 Å². The van der Waals surface area contributed by atoms with Gasteiger partial charge in [0.15, 0.2) is 0 Å². The van der Waals surface area contributed by atoms with E-state index in [4.69, 9.17) is 47.4 Å². The number of carbonyl (C=O) groups is 6. The van der Waals surface area contributed by atoms with Crippen LogP contribution in [-0.2, 0) is 109 Å². The summed E-state index contributed by atoms with van der Waals surface area (Å²) in [5.41, 5.74) is 11.5. The highest BCUT2D eigenvalue weighted by Gasteiger charge is 2.26. The summed E-state index contributed by atoms with van der Waals surface area (Å²) in [4.78, 5) is 75.4. The number of rotatable bonds is 44. The van der Waals surface area contributed by atoms with Crippen molar-refractivity contribution in [2.45, 2.75) is 196 Å². The standard InChI is InChI=1S/C78H104O16/c1-9-17-21-25-29-57-45-61-53-65-49-59(31-27-23-19-11-3)51-67(77(65)93-43-39-89-73(83)35-33-71(81)85-15-7)55-63-47-58(30-26-22-18-10-2)48-64(76(63)92-42-38-88-70(80)14-6)56-68-52-60(32-28-24-20-12-4)50-66(54-62(46-57)75(61)91-41-37-87-69(79)13-5)78(68)94-44-40-90-74(84)36-34-72(82)86-16-8/h13-14,33-36,45-52H,5-6,9-12,15-32,37-44,53-56H2,1-4,7-8H3/b35-33-,36-34-. The second-order valence-electron chi connectivity index (χ2n) is 23.6. The predicted molar refractivity (Wildman–Crippen MR) is 366 cm³/mol. The van der Waals surface area contributed by atoms with Crippen LogP contribution >= 0.6 is 0 Å². The number of ether oxygens (including phenoxy) is 10. The first-order valence-corrected chi connectivity index (χ1v) is 34.5. The Labute approximate surface area is 559 Å². The van der Waals surface area contributed by atoms with E-state index in [0.29, 0.717) is 48.7 Å². The lowest BCUT2D eigenvalue weighted by Gasteiger charge is -2.25. The van der Waals surface area contributed by atoms with E-state index >= 15 is 0 Å². The lowest BCUT2D eigenvalue weighted by Crippen LogP contribution is -2.16. The summed E-state index contributed by atoms with van der Waals surface area (Å²) in [5.74, 6) is -1.43. The van der Waals surface area contributed by atoms with Crippen LogP contribution in [0.25, 0.3) is 0 Å². The van der Waals surface area contributed by atoms with E-state index in [-0.39, 0.29) is 66.1 Å². The van der Waals surface area contributed by atoms with E-state index in [0.717, 1.165) is 232 Å². The lowest BCUT2D eigenvalue weighted by molar-refractivity contribution is -0.140. The lowest BCUT2D eigenvalue weighted by atomic mass is 9.87. The van der Waals surface area contributed by atoms with Gasteiger partial charge < -0.3 is 47.4 Å². The fourth-order valence-electron chi connectivity index (χ4n) is 11.5. The molecular weight excluding hydrogens is 1190 g/mol. The molecule has 0 radical (unpaired) electrons. The van der Waals surface area contributed by atoms with E-state index in [2.05, 4.69) is 89.4 Å². The van der Waals surface area contributed by atoms with Crippen molar-refractivity contribution in [1.82, 2.24) is 0 Å². The second kappa shape index (κ2) is 44.5. The second-order valence-corrected chi connectivity index (χ2v) is 23.6. The molecule has 1 aliphatic carbocycles. The van der Waals surface area contributed by atoms with Gasteiger partial charge in [0, 0.05) is 62.1 Å². The third-order valence-corrected chi connectivity index (χ3v) is 15.9. The molecule has 0 atom stereocenters. The maximum absolute atomic E-state index is 13.0. The smallest absolute Gasteiger partial charge is 0.331 e. The summed E-state index contributed by atoms with van der Waals surface area (Å²) >= 11 is 0. The molecule has 0 aromatic heterocycles. The van der Waals surface area contributed by atoms with Crippen molar-refractivity contribution in [2.75, 3.05) is 66.1 Å². The van der Waals surface area contributed by atoms with Gasteiger partial charge in [0.2, 0.25) is 0 Å². The average molecular weight is 1300 g/mol. The summed E-state index contributed by atoms with van der Waals surface area (Å²) in [7, 11) is 0. The number of hydrogen-bond acceptors (Lipinski definition) is 16. The van der Waals surface area contributed by atoms with Crippen LogP contribution in [0, 0.1) is 0 Å². The molecule has 94 heavy (non-hydrogen) atoms.